The number of ether oxygens (including phenoxy) is 1. The van der Waals surface area contributed by atoms with Crippen molar-refractivity contribution in [3.8, 4) is 0 Å². The lowest BCUT2D eigenvalue weighted by Crippen LogP contribution is -2.61. The van der Waals surface area contributed by atoms with Gasteiger partial charge in [-0.25, -0.2) is 4.39 Å². The first-order chi connectivity index (χ1) is 8.95. The minimum absolute atomic E-state index is 0.0294. The summed E-state index contributed by atoms with van der Waals surface area (Å²) < 4.78 is 18.8. The van der Waals surface area contributed by atoms with E-state index in [0.717, 1.165) is 17.5 Å². The van der Waals surface area contributed by atoms with Crippen molar-refractivity contribution in [2.75, 3.05) is 7.11 Å². The van der Waals surface area contributed by atoms with Crippen LogP contribution in [0.4, 0.5) is 4.39 Å². The van der Waals surface area contributed by atoms with Gasteiger partial charge in [-0.1, -0.05) is 19.9 Å². The number of fused-ring (bicyclic) bond motifs is 1. The quantitative estimate of drug-likeness (QED) is 0.889. The Hall–Kier alpha value is -1.42. The number of halogens is 1. The first-order valence-electron chi connectivity index (χ1n) is 6.62. The number of hydrogen-bond donors (Lipinski definition) is 1. The van der Waals surface area contributed by atoms with Crippen LogP contribution in [0.1, 0.15) is 31.4 Å². The normalized spacial score (nSPS) is 28.2. The van der Waals surface area contributed by atoms with E-state index < -0.39 is 0 Å². The van der Waals surface area contributed by atoms with Gasteiger partial charge in [0.1, 0.15) is 11.7 Å². The molecule has 2 unspecified atom stereocenters. The van der Waals surface area contributed by atoms with Crippen LogP contribution in [0.5, 0.6) is 0 Å². The van der Waals surface area contributed by atoms with E-state index in [1.807, 2.05) is 0 Å². The van der Waals surface area contributed by atoms with Gasteiger partial charge < -0.3 is 9.64 Å². The maximum atomic E-state index is 13.3. The first kappa shape index (κ1) is 12.6. The topological polar surface area (TPSA) is 36.3 Å². The van der Waals surface area contributed by atoms with E-state index in [1.165, 1.54) is 12.1 Å². The smallest absolute Gasteiger partial charge is 0.129 e. The number of benzene rings is 1. The summed E-state index contributed by atoms with van der Waals surface area (Å²) >= 11 is 0. The second-order valence-corrected chi connectivity index (χ2v) is 6.08. The molecule has 0 spiro atoms. The second-order valence-electron chi connectivity index (χ2n) is 6.08. The molecule has 0 aromatic heterocycles. The third kappa shape index (κ3) is 1.70. The van der Waals surface area contributed by atoms with Crippen molar-refractivity contribution in [3.63, 3.8) is 0 Å². The number of methoxy groups -OCH3 is 1. The maximum absolute atomic E-state index is 13.3. The van der Waals surface area contributed by atoms with Crippen LogP contribution in [0.25, 0.3) is 0 Å². The highest BCUT2D eigenvalue weighted by Crippen LogP contribution is 2.47. The molecule has 2 atom stereocenters. The van der Waals surface area contributed by atoms with Crippen molar-refractivity contribution < 1.29 is 9.13 Å². The van der Waals surface area contributed by atoms with Gasteiger partial charge in [-0.3, -0.25) is 5.41 Å². The number of hydrogen-bond acceptors (Lipinski definition) is 2. The molecule has 1 aromatic rings. The molecule has 1 aliphatic heterocycles. The Morgan fingerprint density at radius 3 is 2.79 bits per heavy atom. The number of nitrogens with one attached hydrogen (secondary N) is 1. The zero-order valence-corrected chi connectivity index (χ0v) is 11.5. The molecule has 2 aliphatic rings. The monoisotopic (exact) mass is 262 g/mol. The SMILES string of the molecule is COC1CC(N2Cc3ccc(F)cc3C2=N)C1(C)C. The molecule has 1 heterocycles. The van der Waals surface area contributed by atoms with Gasteiger partial charge in [0.15, 0.2) is 0 Å². The highest BCUT2D eigenvalue weighted by Gasteiger charge is 2.53. The summed E-state index contributed by atoms with van der Waals surface area (Å²) in [6, 6.07) is 5.02. The molecule has 0 saturated heterocycles. The summed E-state index contributed by atoms with van der Waals surface area (Å²) in [6.45, 7) is 5.05. The predicted octanol–water partition coefficient (Wildman–Crippen LogP) is 2.78. The fourth-order valence-electron chi connectivity index (χ4n) is 3.38. The molecule has 102 valence electrons. The second kappa shape index (κ2) is 4.04. The number of rotatable bonds is 2. The van der Waals surface area contributed by atoms with Gasteiger partial charge in [-0.2, -0.15) is 0 Å². The zero-order chi connectivity index (χ0) is 13.8. The van der Waals surface area contributed by atoms with E-state index in [1.54, 1.807) is 13.2 Å². The van der Waals surface area contributed by atoms with Crippen LogP contribution in [0.2, 0.25) is 0 Å². The fraction of sp³-hybridized carbons (Fsp3) is 0.533. The Bertz CT molecular complexity index is 541. The van der Waals surface area contributed by atoms with Gasteiger partial charge in [0.05, 0.1) is 6.10 Å². The lowest BCUT2D eigenvalue weighted by Gasteiger charge is -2.55. The molecule has 0 bridgehead atoms. The van der Waals surface area contributed by atoms with Gasteiger partial charge in [0.2, 0.25) is 0 Å². The first-order valence-corrected chi connectivity index (χ1v) is 6.62. The van der Waals surface area contributed by atoms with Gasteiger partial charge in [-0.05, 0) is 24.1 Å². The molecule has 3 rings (SSSR count). The molecule has 0 radical (unpaired) electrons. The largest absolute Gasteiger partial charge is 0.381 e. The molecular formula is C15H19FN2O. The zero-order valence-electron chi connectivity index (χ0n) is 11.5. The summed E-state index contributed by atoms with van der Waals surface area (Å²) in [4.78, 5) is 2.08. The van der Waals surface area contributed by atoms with Crippen LogP contribution in [0.15, 0.2) is 18.2 Å². The maximum Gasteiger partial charge on any atom is 0.129 e. The molecule has 1 aliphatic carbocycles. The fourth-order valence-corrected chi connectivity index (χ4v) is 3.38. The summed E-state index contributed by atoms with van der Waals surface area (Å²) in [5.41, 5.74) is 1.81. The van der Waals surface area contributed by atoms with Crippen molar-refractivity contribution in [1.29, 1.82) is 5.41 Å². The summed E-state index contributed by atoms with van der Waals surface area (Å²) in [6.07, 6.45) is 1.17. The third-order valence-electron chi connectivity index (χ3n) is 4.74. The van der Waals surface area contributed by atoms with Gasteiger partial charge in [-0.15, -0.1) is 0 Å². The molecule has 1 saturated carbocycles. The molecule has 3 nitrogen and oxygen atoms in total. The Morgan fingerprint density at radius 1 is 1.42 bits per heavy atom. The molecule has 19 heavy (non-hydrogen) atoms. The molecule has 1 N–H and O–H groups in total. The molecule has 1 aromatic carbocycles. The van der Waals surface area contributed by atoms with Crippen molar-refractivity contribution in [1.82, 2.24) is 4.90 Å². The highest BCUT2D eigenvalue weighted by molar-refractivity contribution is 6.00. The van der Waals surface area contributed by atoms with Gasteiger partial charge in [0.25, 0.3) is 0 Å². The number of amidine groups is 1. The molecule has 0 amide bonds. The molecular weight excluding hydrogens is 243 g/mol. The minimum atomic E-state index is -0.270. The Kier molecular flexibility index (Phi) is 2.68. The van der Waals surface area contributed by atoms with E-state index in [9.17, 15) is 4.39 Å². The summed E-state index contributed by atoms with van der Waals surface area (Å²) in [7, 11) is 1.74. The van der Waals surface area contributed by atoms with Crippen molar-refractivity contribution in [2.24, 2.45) is 5.41 Å². The Labute approximate surface area is 112 Å². The number of nitrogens with zero attached hydrogens (tertiary/aromatic N) is 1. The van der Waals surface area contributed by atoms with Crippen molar-refractivity contribution >= 4 is 5.84 Å². The van der Waals surface area contributed by atoms with E-state index in [0.29, 0.717) is 18.4 Å². The molecule has 4 heteroatoms. The average molecular weight is 262 g/mol. The van der Waals surface area contributed by atoms with Crippen LogP contribution >= 0.6 is 0 Å². The van der Waals surface area contributed by atoms with Crippen LogP contribution < -0.4 is 0 Å². The van der Waals surface area contributed by atoms with Crippen LogP contribution in [0.3, 0.4) is 0 Å². The van der Waals surface area contributed by atoms with Crippen LogP contribution in [-0.2, 0) is 11.3 Å². The average Bonchev–Trinajstić information content (AvgIpc) is 2.66. The third-order valence-corrected chi connectivity index (χ3v) is 4.74. The predicted molar refractivity (Wildman–Crippen MR) is 71.8 cm³/mol. The van der Waals surface area contributed by atoms with E-state index in [2.05, 4.69) is 18.7 Å². The van der Waals surface area contributed by atoms with Crippen LogP contribution in [-0.4, -0.2) is 30.0 Å². The minimum Gasteiger partial charge on any atom is -0.381 e. The van der Waals surface area contributed by atoms with E-state index in [4.69, 9.17) is 10.1 Å². The highest BCUT2D eigenvalue weighted by atomic mass is 19.1. The van der Waals surface area contributed by atoms with Gasteiger partial charge >= 0.3 is 0 Å². The lowest BCUT2D eigenvalue weighted by molar-refractivity contribution is -0.123. The van der Waals surface area contributed by atoms with Crippen molar-refractivity contribution in [2.45, 2.75) is 39.0 Å². The molecule has 1 fully saturated rings. The van der Waals surface area contributed by atoms with Gasteiger partial charge in [0, 0.05) is 30.7 Å². The van der Waals surface area contributed by atoms with E-state index >= 15 is 0 Å². The standard InChI is InChI=1S/C15H19FN2O/c1-15(2)12(7-13(15)19-3)18-8-9-4-5-10(16)6-11(9)14(18)17/h4-6,12-13,17H,7-8H2,1-3H3. The summed E-state index contributed by atoms with van der Waals surface area (Å²) in [5, 5.41) is 8.27. The van der Waals surface area contributed by atoms with Crippen molar-refractivity contribution in [3.05, 3.63) is 35.1 Å². The summed E-state index contributed by atoms with van der Waals surface area (Å²) in [5.74, 6) is 0.176. The lowest BCUT2D eigenvalue weighted by atomic mass is 9.63. The Morgan fingerprint density at radius 2 is 2.16 bits per heavy atom. The Balaban J connectivity index is 1.86. The van der Waals surface area contributed by atoms with Crippen LogP contribution in [0, 0.1) is 16.6 Å². The van der Waals surface area contributed by atoms with E-state index in [-0.39, 0.29) is 17.3 Å².